The first kappa shape index (κ1) is 9.63. The quantitative estimate of drug-likeness (QED) is 0.450. The fourth-order valence-corrected chi connectivity index (χ4v) is 0. The number of hydrogen-bond acceptors (Lipinski definition) is 0. The van der Waals surface area contributed by atoms with Crippen molar-refractivity contribution in [2.45, 2.75) is 0 Å². The molecule has 0 spiro atoms. The van der Waals surface area contributed by atoms with Crippen molar-refractivity contribution in [1.29, 1.82) is 0 Å². The molecule has 0 aliphatic heterocycles. The first-order valence-electron chi connectivity index (χ1n) is 1.19. The summed E-state index contributed by atoms with van der Waals surface area (Å²) in [6, 6.07) is 0. The van der Waals surface area contributed by atoms with Crippen LogP contribution in [0.4, 0.5) is 0 Å². The zero-order valence-electron chi connectivity index (χ0n) is 3.26. The van der Waals surface area contributed by atoms with E-state index in [1.165, 1.54) is 0 Å². The largest absolute Gasteiger partial charge is 1.00 e. The van der Waals surface area contributed by atoms with Crippen LogP contribution in [0.1, 0.15) is 0 Å². The maximum Gasteiger partial charge on any atom is 0.135 e. The third-order valence-corrected chi connectivity index (χ3v) is 0. The molecule has 0 aliphatic rings. The van der Waals surface area contributed by atoms with Gasteiger partial charge in [0.05, 0.1) is 20.0 Å². The molecule has 0 heterocycles. The van der Waals surface area contributed by atoms with E-state index in [4.69, 9.17) is 0 Å². The molecule has 0 nitrogen and oxygen atoms in total. The molecule has 3 heteroatoms. The molecule has 0 radical (unpaired) electrons. The molecule has 0 N–H and O–H groups in total. The van der Waals surface area contributed by atoms with E-state index in [2.05, 4.69) is 28.8 Å². The van der Waals surface area contributed by atoms with Crippen molar-refractivity contribution in [2.24, 2.45) is 0 Å². The van der Waals surface area contributed by atoms with Crippen molar-refractivity contribution in [3.05, 3.63) is 0 Å². The van der Waals surface area contributed by atoms with Crippen LogP contribution in [0.5, 0.6) is 0 Å². The van der Waals surface area contributed by atoms with Crippen LogP contribution in [-0.4, -0.2) is 13.3 Å². The molecule has 0 amide bonds. The van der Waals surface area contributed by atoms with Gasteiger partial charge in [0, 0.05) is 0 Å². The average Bonchev–Trinajstić information content (AvgIpc) is 0.811. The second-order valence-electron chi connectivity index (χ2n) is 0.878. The van der Waals surface area contributed by atoms with Gasteiger partial charge in [-0.25, -0.2) is 0 Å². The standard InChI is InChI=1S/C2H6BrP.BrH/c1-4(2)3;/h1-2H3;1H. The second-order valence-corrected chi connectivity index (χ2v) is 7.39. The summed E-state index contributed by atoms with van der Waals surface area (Å²) >= 11 is 3.37. The Morgan fingerprint density at radius 3 is 1.40 bits per heavy atom. The van der Waals surface area contributed by atoms with E-state index in [-0.39, 0.29) is 23.6 Å². The van der Waals surface area contributed by atoms with Gasteiger partial charge in [0.15, 0.2) is 0 Å². The van der Waals surface area contributed by atoms with Gasteiger partial charge in [0.25, 0.3) is 0 Å². The van der Waals surface area contributed by atoms with Crippen LogP contribution in [0.3, 0.4) is 0 Å². The van der Waals surface area contributed by atoms with Crippen molar-refractivity contribution in [1.82, 2.24) is 0 Å². The Morgan fingerprint density at radius 2 is 1.40 bits per heavy atom. The van der Waals surface area contributed by atoms with Gasteiger partial charge >= 0.3 is 0 Å². The smallest absolute Gasteiger partial charge is 0.135 e. The lowest BCUT2D eigenvalue weighted by Gasteiger charge is -1.66. The summed E-state index contributed by atoms with van der Waals surface area (Å²) in [6.45, 7) is 4.30. The fourth-order valence-electron chi connectivity index (χ4n) is 0. The van der Waals surface area contributed by atoms with Crippen LogP contribution >= 0.6 is 22.1 Å². The van der Waals surface area contributed by atoms with E-state index >= 15 is 0 Å². The highest BCUT2D eigenvalue weighted by Gasteiger charge is 1.81. The molecule has 0 bridgehead atoms. The van der Waals surface area contributed by atoms with Crippen LogP contribution in [0.2, 0.25) is 0 Å². The maximum absolute atomic E-state index is 3.37. The van der Waals surface area contributed by atoms with E-state index in [1.54, 1.807) is 0 Å². The van der Waals surface area contributed by atoms with Crippen molar-refractivity contribution in [2.75, 3.05) is 13.3 Å². The summed E-state index contributed by atoms with van der Waals surface area (Å²) in [7, 11) is 0. The first-order chi connectivity index (χ1) is 1.73. The Labute approximate surface area is 52.6 Å². The molecule has 0 aromatic carbocycles. The molecule has 0 unspecified atom stereocenters. The summed E-state index contributed by atoms with van der Waals surface area (Å²) in [5.74, 6) is 0. The van der Waals surface area contributed by atoms with Crippen LogP contribution in [0.25, 0.3) is 0 Å². The number of hydrogen-bond donors (Lipinski definition) is 0. The van der Waals surface area contributed by atoms with Crippen molar-refractivity contribution in [3.63, 3.8) is 0 Å². The normalized spacial score (nSPS) is 7.20. The highest BCUT2D eigenvalue weighted by Crippen LogP contribution is 2.33. The van der Waals surface area contributed by atoms with E-state index < -0.39 is 0 Å². The van der Waals surface area contributed by atoms with Gasteiger partial charge in [0.1, 0.15) is 15.5 Å². The van der Waals surface area contributed by atoms with Gasteiger partial charge in [-0.15, -0.1) is 0 Å². The van der Waals surface area contributed by atoms with E-state index in [0.717, 1.165) is 0 Å². The fraction of sp³-hybridized carbons (Fsp3) is 1.00. The highest BCUT2D eigenvalue weighted by molar-refractivity contribution is 9.39. The molecule has 0 rings (SSSR count). The van der Waals surface area contributed by atoms with Crippen LogP contribution in [-0.2, 0) is 0 Å². The van der Waals surface area contributed by atoms with Gasteiger partial charge in [-0.05, 0) is 0 Å². The molecule has 5 heavy (non-hydrogen) atoms. The molecule has 0 aromatic rings. The van der Waals surface area contributed by atoms with E-state index in [9.17, 15) is 0 Å². The molecule has 34 valence electrons. The highest BCUT2D eigenvalue weighted by atomic mass is 79.9. The Kier molecular flexibility index (Phi) is 10.4. The van der Waals surface area contributed by atoms with Gasteiger partial charge < -0.3 is 17.0 Å². The Bertz CT molecular complexity index is 12.4. The number of halogens is 2. The lowest BCUT2D eigenvalue weighted by Crippen LogP contribution is -3.00. The van der Waals surface area contributed by atoms with Gasteiger partial charge in [-0.1, -0.05) is 0 Å². The van der Waals surface area contributed by atoms with Crippen molar-refractivity contribution >= 4 is 22.1 Å². The Morgan fingerprint density at radius 1 is 1.40 bits per heavy atom. The molecule has 0 aromatic heterocycles. The molecule has 0 saturated carbocycles. The minimum absolute atomic E-state index is 0. The lowest BCUT2D eigenvalue weighted by atomic mass is 11.9. The SMILES string of the molecule is C[PH+](C)Br.[Br-]. The third-order valence-electron chi connectivity index (χ3n) is 0. The first-order valence-corrected chi connectivity index (χ1v) is 5.95. The van der Waals surface area contributed by atoms with Gasteiger partial charge in [0.2, 0.25) is 0 Å². The van der Waals surface area contributed by atoms with Crippen LogP contribution < -0.4 is 17.0 Å². The van der Waals surface area contributed by atoms with Gasteiger partial charge in [-0.3, -0.25) is 0 Å². The predicted molar refractivity (Wildman–Crippen MR) is 29.1 cm³/mol. The number of rotatable bonds is 0. The zero-order valence-corrected chi connectivity index (χ0v) is 7.43. The van der Waals surface area contributed by atoms with Gasteiger partial charge in [-0.2, -0.15) is 0 Å². The molecule has 0 saturated heterocycles. The minimum atomic E-state index is -0.0671. The maximum atomic E-state index is 3.37. The molecular weight excluding hydrogens is 215 g/mol. The summed E-state index contributed by atoms with van der Waals surface area (Å²) in [5, 5.41) is 0. The van der Waals surface area contributed by atoms with E-state index in [1.807, 2.05) is 0 Å². The third kappa shape index (κ3) is 32.1. The minimum Gasteiger partial charge on any atom is -1.00 e. The topological polar surface area (TPSA) is 0 Å². The van der Waals surface area contributed by atoms with E-state index in [0.29, 0.717) is 0 Å². The zero-order chi connectivity index (χ0) is 3.58. The summed E-state index contributed by atoms with van der Waals surface area (Å²) in [6.07, 6.45) is 0. The van der Waals surface area contributed by atoms with Crippen molar-refractivity contribution < 1.29 is 17.0 Å². The molecule has 0 aliphatic carbocycles. The monoisotopic (exact) mass is 220 g/mol. The van der Waals surface area contributed by atoms with Crippen molar-refractivity contribution in [3.8, 4) is 0 Å². The van der Waals surface area contributed by atoms with Crippen LogP contribution in [0.15, 0.2) is 0 Å². The Balaban J connectivity index is 0. The average molecular weight is 222 g/mol. The summed E-state index contributed by atoms with van der Waals surface area (Å²) < 4.78 is 0. The Hall–Kier alpha value is 1.39. The summed E-state index contributed by atoms with van der Waals surface area (Å²) in [5.41, 5.74) is 0. The molecule has 0 atom stereocenters. The summed E-state index contributed by atoms with van der Waals surface area (Å²) in [4.78, 5) is 0. The lowest BCUT2D eigenvalue weighted by molar-refractivity contribution is -0.000000842. The molecule has 0 fully saturated rings. The van der Waals surface area contributed by atoms with Crippen LogP contribution in [0, 0.1) is 0 Å². The second kappa shape index (κ2) is 5.39. The predicted octanol–water partition coefficient (Wildman–Crippen LogP) is -1.23. The molecular formula is C2H7Br2P.